The molecule has 0 radical (unpaired) electrons. The van der Waals surface area contributed by atoms with Crippen molar-refractivity contribution in [2.45, 2.75) is 35.6 Å². The molecule has 0 aromatic rings. The maximum absolute atomic E-state index is 11.2. The zero-order valence-corrected chi connectivity index (χ0v) is 7.96. The van der Waals surface area contributed by atoms with Crippen molar-refractivity contribution in [3.8, 4) is 0 Å². The lowest BCUT2D eigenvalue weighted by molar-refractivity contribution is 0.464. The van der Waals surface area contributed by atoms with Crippen LogP contribution in [-0.4, -0.2) is 19.5 Å². The fraction of sp³-hybridized carbons (Fsp3) is 1.00. The van der Waals surface area contributed by atoms with Crippen molar-refractivity contribution in [2.24, 2.45) is 5.41 Å². The predicted octanol–water partition coefficient (Wildman–Crippen LogP) is 3.93. The number of hydrogen-bond donors (Lipinski definition) is 0. The second-order valence-corrected chi connectivity index (χ2v) is 7.76. The molecule has 11 heavy (non-hydrogen) atoms. The summed E-state index contributed by atoms with van der Waals surface area (Å²) in [7, 11) is -1.79. The van der Waals surface area contributed by atoms with Crippen LogP contribution < -0.4 is 0 Å². The van der Waals surface area contributed by atoms with E-state index in [0.717, 1.165) is 6.16 Å². The highest BCUT2D eigenvalue weighted by atomic mass is 31.2. The molecule has 0 saturated carbocycles. The predicted molar refractivity (Wildman–Crippen MR) is 57.2 cm³/mol. The van der Waals surface area contributed by atoms with E-state index in [0.29, 0.717) is 0 Å². The topological polar surface area (TPSA) is 17.1 Å². The van der Waals surface area contributed by atoms with Gasteiger partial charge in [0, 0.05) is 6.16 Å². The normalized spacial score (nSPS) is 11.4. The van der Waals surface area contributed by atoms with Gasteiger partial charge in [0.2, 0.25) is 0 Å². The highest BCUT2D eigenvalue weighted by Gasteiger charge is 2.18. The van der Waals surface area contributed by atoms with Crippen molar-refractivity contribution in [1.82, 2.24) is 0 Å². The first kappa shape index (κ1) is 17.4. The molecule has 0 saturated heterocycles. The second-order valence-electron chi connectivity index (χ2n) is 4.29. The maximum Gasteiger partial charge on any atom is 0.0824 e. The molecule has 0 bridgehead atoms. The van der Waals surface area contributed by atoms with E-state index in [2.05, 4.69) is 20.8 Å². The Bertz CT molecular complexity index is 127. The molecule has 0 aliphatic rings. The Morgan fingerprint density at radius 2 is 1.36 bits per heavy atom. The molecular formula is C9H25OP. The summed E-state index contributed by atoms with van der Waals surface area (Å²) in [5.74, 6) is 0. The largest absolute Gasteiger partial charge is 0.324 e. The van der Waals surface area contributed by atoms with E-state index >= 15 is 0 Å². The number of hydrogen-bond acceptors (Lipinski definition) is 1. The van der Waals surface area contributed by atoms with Gasteiger partial charge >= 0.3 is 0 Å². The zero-order valence-electron chi connectivity index (χ0n) is 7.06. The van der Waals surface area contributed by atoms with Crippen LogP contribution >= 0.6 is 7.14 Å². The lowest BCUT2D eigenvalue weighted by Crippen LogP contribution is -2.10. The lowest BCUT2D eigenvalue weighted by atomic mass is 10.0. The van der Waals surface area contributed by atoms with Crippen LogP contribution in [0.25, 0.3) is 0 Å². The molecule has 0 amide bonds. The van der Waals surface area contributed by atoms with Crippen molar-refractivity contribution in [3.05, 3.63) is 0 Å². The van der Waals surface area contributed by atoms with E-state index in [1.807, 2.05) is 13.3 Å². The summed E-state index contributed by atoms with van der Waals surface area (Å²) in [6.07, 6.45) is 0.847. The Labute approximate surface area is 73.0 Å². The summed E-state index contributed by atoms with van der Waals surface area (Å²) < 4.78 is 11.2. The smallest absolute Gasteiger partial charge is 0.0824 e. The maximum atomic E-state index is 11.2. The third-order valence-corrected chi connectivity index (χ3v) is 2.57. The van der Waals surface area contributed by atoms with Crippen LogP contribution in [0.4, 0.5) is 0 Å². The zero-order chi connectivity index (χ0) is 7.71. The van der Waals surface area contributed by atoms with Gasteiger partial charge in [0.1, 0.15) is 0 Å². The molecule has 1 nitrogen and oxygen atoms in total. The highest BCUT2D eigenvalue weighted by molar-refractivity contribution is 7.62. The van der Waals surface area contributed by atoms with E-state index in [9.17, 15) is 4.57 Å². The van der Waals surface area contributed by atoms with Gasteiger partial charge in [-0.1, -0.05) is 35.6 Å². The Hall–Kier alpha value is 0.230. The van der Waals surface area contributed by atoms with E-state index in [4.69, 9.17) is 0 Å². The van der Waals surface area contributed by atoms with Crippen LogP contribution in [0.2, 0.25) is 0 Å². The van der Waals surface area contributed by atoms with E-state index < -0.39 is 7.14 Å². The first-order chi connectivity index (χ1) is 3.71. The standard InChI is InChI=1S/C7H17OP.2CH4/c1-7(2,3)6-9(4,5)8;;/h6H2,1-5H3;2*1H4. The summed E-state index contributed by atoms with van der Waals surface area (Å²) in [6, 6.07) is 0. The lowest BCUT2D eigenvalue weighted by Gasteiger charge is -2.20. The third kappa shape index (κ3) is 17.9. The highest BCUT2D eigenvalue weighted by Crippen LogP contribution is 2.42. The van der Waals surface area contributed by atoms with Crippen LogP contribution in [-0.2, 0) is 4.57 Å². The van der Waals surface area contributed by atoms with Crippen LogP contribution in [0.5, 0.6) is 0 Å². The minimum Gasteiger partial charge on any atom is -0.324 e. The van der Waals surface area contributed by atoms with Crippen molar-refractivity contribution in [3.63, 3.8) is 0 Å². The summed E-state index contributed by atoms with van der Waals surface area (Å²) in [4.78, 5) is 0. The summed E-state index contributed by atoms with van der Waals surface area (Å²) in [5, 5.41) is 0. The van der Waals surface area contributed by atoms with Crippen molar-refractivity contribution in [2.75, 3.05) is 19.5 Å². The van der Waals surface area contributed by atoms with E-state index in [-0.39, 0.29) is 20.3 Å². The Kier molecular flexibility index (Phi) is 7.85. The summed E-state index contributed by atoms with van der Waals surface area (Å²) in [6.45, 7) is 10.0. The Balaban J connectivity index is -0.000000320. The van der Waals surface area contributed by atoms with Crippen LogP contribution in [0.3, 0.4) is 0 Å². The summed E-state index contributed by atoms with van der Waals surface area (Å²) in [5.41, 5.74) is 0.221. The van der Waals surface area contributed by atoms with Crippen LogP contribution in [0.15, 0.2) is 0 Å². The average Bonchev–Trinajstić information content (AvgIpc) is 1.14. The molecule has 0 aliphatic heterocycles. The molecular weight excluding hydrogens is 155 g/mol. The molecule has 0 rings (SSSR count). The molecule has 0 atom stereocenters. The van der Waals surface area contributed by atoms with Crippen molar-refractivity contribution < 1.29 is 4.57 Å². The fourth-order valence-corrected chi connectivity index (χ4v) is 3.43. The van der Waals surface area contributed by atoms with Gasteiger partial charge in [0.15, 0.2) is 0 Å². The quantitative estimate of drug-likeness (QED) is 0.559. The van der Waals surface area contributed by atoms with Gasteiger partial charge in [0.05, 0.1) is 7.14 Å². The van der Waals surface area contributed by atoms with Gasteiger partial charge in [-0.25, -0.2) is 0 Å². The van der Waals surface area contributed by atoms with Gasteiger partial charge in [-0.3, -0.25) is 0 Å². The van der Waals surface area contributed by atoms with Crippen LogP contribution in [0, 0.1) is 5.41 Å². The van der Waals surface area contributed by atoms with E-state index in [1.165, 1.54) is 0 Å². The molecule has 0 aliphatic carbocycles. The van der Waals surface area contributed by atoms with Gasteiger partial charge in [-0.05, 0) is 18.7 Å². The van der Waals surface area contributed by atoms with Crippen molar-refractivity contribution >= 4 is 7.14 Å². The minimum absolute atomic E-state index is 0. The first-order valence-corrected chi connectivity index (χ1v) is 6.03. The molecule has 0 unspecified atom stereocenters. The molecule has 2 heteroatoms. The monoisotopic (exact) mass is 180 g/mol. The SMILES string of the molecule is C.C.CC(C)(C)CP(C)(C)=O. The van der Waals surface area contributed by atoms with Gasteiger partial charge in [0.25, 0.3) is 0 Å². The van der Waals surface area contributed by atoms with Crippen molar-refractivity contribution in [1.29, 1.82) is 0 Å². The van der Waals surface area contributed by atoms with Gasteiger partial charge in [-0.15, -0.1) is 0 Å². The Morgan fingerprint density at radius 1 is 1.09 bits per heavy atom. The molecule has 0 N–H and O–H groups in total. The molecule has 0 aromatic heterocycles. The number of rotatable bonds is 1. The molecule has 72 valence electrons. The van der Waals surface area contributed by atoms with Gasteiger partial charge in [-0.2, -0.15) is 0 Å². The summed E-state index contributed by atoms with van der Waals surface area (Å²) >= 11 is 0. The molecule has 0 aromatic carbocycles. The fourth-order valence-electron chi connectivity index (χ4n) is 1.14. The molecule has 0 fully saturated rings. The second kappa shape index (κ2) is 4.98. The minimum atomic E-state index is -1.79. The molecule has 0 spiro atoms. The van der Waals surface area contributed by atoms with E-state index in [1.54, 1.807) is 0 Å². The Morgan fingerprint density at radius 3 is 1.36 bits per heavy atom. The van der Waals surface area contributed by atoms with Crippen LogP contribution in [0.1, 0.15) is 35.6 Å². The third-order valence-electron chi connectivity index (χ3n) is 0.855. The van der Waals surface area contributed by atoms with Gasteiger partial charge < -0.3 is 4.57 Å². The average molecular weight is 180 g/mol. The molecule has 0 heterocycles. The first-order valence-electron chi connectivity index (χ1n) is 3.25.